The molecule has 14 aromatic rings. The minimum Gasteiger partial charge on any atom is -0.698 e. The molecule has 0 unspecified atom stereocenters. The molecule has 7 heteroatoms. The SMILES string of the molecule is N=C(N=C(N)n1c2ccccc2c2ccc3c4ccccc4n(-c4ccccc4)c3c21)c1cc(-c2ccccc2)cc(-c2ccccc2)c1-c1ccc(-n2c3ccccc3c3ccc(-c4ccccc4[NH-])cc32)cc1. The first kappa shape index (κ1) is 43.5. The predicted molar refractivity (Wildman–Crippen MR) is 314 cm³/mol. The van der Waals surface area contributed by atoms with Gasteiger partial charge in [0.15, 0.2) is 5.84 Å². The van der Waals surface area contributed by atoms with E-state index in [1.54, 1.807) is 0 Å². The van der Waals surface area contributed by atoms with Crippen LogP contribution in [0.1, 0.15) is 5.56 Å². The molecule has 0 atom stereocenters. The topological polar surface area (TPSA) is 101 Å². The number of aromatic nitrogens is 3. The Morgan fingerprint density at radius 1 is 0.373 bits per heavy atom. The number of rotatable bonds is 7. The van der Waals surface area contributed by atoms with Gasteiger partial charge in [0.25, 0.3) is 0 Å². The molecule has 0 aliphatic rings. The van der Waals surface area contributed by atoms with Gasteiger partial charge in [-0.05, 0) is 99.6 Å². The van der Waals surface area contributed by atoms with Crippen LogP contribution in [-0.2, 0) is 0 Å². The van der Waals surface area contributed by atoms with Gasteiger partial charge in [-0.2, -0.15) is 4.99 Å². The molecule has 11 aromatic carbocycles. The minimum absolute atomic E-state index is 0.0350. The Morgan fingerprint density at radius 2 is 0.880 bits per heavy atom. The summed E-state index contributed by atoms with van der Waals surface area (Å²) in [6, 6.07) is 88.3. The summed E-state index contributed by atoms with van der Waals surface area (Å²) in [6.45, 7) is 0. The zero-order valence-electron chi connectivity index (χ0n) is 40.6. The molecule has 0 bridgehead atoms. The van der Waals surface area contributed by atoms with Crippen LogP contribution in [-0.4, -0.2) is 25.5 Å². The van der Waals surface area contributed by atoms with E-state index in [-0.39, 0.29) is 11.8 Å². The van der Waals surface area contributed by atoms with Gasteiger partial charge in [-0.15, -0.1) is 5.69 Å². The monoisotopic (exact) mass is 960 g/mol. The Balaban J connectivity index is 0.987. The zero-order valence-corrected chi connectivity index (χ0v) is 40.6. The van der Waals surface area contributed by atoms with Crippen LogP contribution in [0.3, 0.4) is 0 Å². The van der Waals surface area contributed by atoms with E-state index < -0.39 is 0 Å². The Labute approximate surface area is 432 Å². The molecule has 0 amide bonds. The number of fused-ring (bicyclic) bond motifs is 10. The van der Waals surface area contributed by atoms with Crippen LogP contribution in [0.5, 0.6) is 0 Å². The van der Waals surface area contributed by atoms with Crippen LogP contribution in [0.15, 0.2) is 260 Å². The lowest BCUT2D eigenvalue weighted by atomic mass is 9.86. The van der Waals surface area contributed by atoms with Gasteiger partial charge in [0.1, 0.15) is 0 Å². The highest BCUT2D eigenvalue weighted by atomic mass is 15.2. The summed E-state index contributed by atoms with van der Waals surface area (Å²) in [7, 11) is 0. The molecule has 3 aromatic heterocycles. The maximum atomic E-state index is 10.3. The van der Waals surface area contributed by atoms with Gasteiger partial charge in [-0.3, -0.25) is 9.98 Å². The summed E-state index contributed by atoms with van der Waals surface area (Å²) in [6.07, 6.45) is 0. The second-order valence-electron chi connectivity index (χ2n) is 19.1. The number of benzene rings is 11. The van der Waals surface area contributed by atoms with Crippen molar-refractivity contribution < 1.29 is 0 Å². The van der Waals surface area contributed by atoms with Crippen molar-refractivity contribution in [2.24, 2.45) is 10.7 Å². The average molecular weight is 961 g/mol. The number of nitrogens with one attached hydrogen (secondary N) is 2. The van der Waals surface area contributed by atoms with Crippen LogP contribution in [0.25, 0.3) is 127 Å². The Hall–Kier alpha value is -10.2. The molecule has 75 heavy (non-hydrogen) atoms. The molecule has 0 aliphatic heterocycles. The van der Waals surface area contributed by atoms with Gasteiger partial charge in [0.2, 0.25) is 5.96 Å². The first-order valence-corrected chi connectivity index (χ1v) is 25.2. The maximum Gasteiger partial charge on any atom is 0.207 e. The highest BCUT2D eigenvalue weighted by Crippen LogP contribution is 2.43. The van der Waals surface area contributed by atoms with E-state index in [9.17, 15) is 5.41 Å². The Morgan fingerprint density at radius 3 is 1.57 bits per heavy atom. The number of aliphatic imine (C=N–C) groups is 1. The number of hydrogen-bond donors (Lipinski definition) is 2. The first-order valence-electron chi connectivity index (χ1n) is 25.2. The number of para-hydroxylation sites is 4. The average Bonchev–Trinajstić information content (AvgIpc) is 4.17. The largest absolute Gasteiger partial charge is 0.698 e. The van der Waals surface area contributed by atoms with Gasteiger partial charge < -0.3 is 20.6 Å². The van der Waals surface area contributed by atoms with Gasteiger partial charge >= 0.3 is 0 Å². The van der Waals surface area contributed by atoms with Crippen molar-refractivity contribution in [2.75, 3.05) is 0 Å². The summed E-state index contributed by atoms with van der Waals surface area (Å²) < 4.78 is 6.69. The van der Waals surface area contributed by atoms with Crippen molar-refractivity contribution in [1.29, 1.82) is 5.41 Å². The summed E-state index contributed by atoms with van der Waals surface area (Å²) in [5, 5.41) is 16.9. The lowest BCUT2D eigenvalue weighted by molar-refractivity contribution is 1.17. The Kier molecular flexibility index (Phi) is 10.2. The molecule has 14 rings (SSSR count). The van der Waals surface area contributed by atoms with Gasteiger partial charge in [0, 0.05) is 54.8 Å². The molecule has 0 radical (unpaired) electrons. The maximum absolute atomic E-state index is 10.3. The van der Waals surface area contributed by atoms with E-state index in [0.29, 0.717) is 11.3 Å². The van der Waals surface area contributed by atoms with Crippen molar-refractivity contribution in [2.45, 2.75) is 0 Å². The van der Waals surface area contributed by atoms with Crippen LogP contribution >= 0.6 is 0 Å². The predicted octanol–water partition coefficient (Wildman–Crippen LogP) is 17.5. The van der Waals surface area contributed by atoms with Crippen LogP contribution in [0.2, 0.25) is 0 Å². The summed E-state index contributed by atoms with van der Waals surface area (Å²) in [5.74, 6) is 0.225. The van der Waals surface area contributed by atoms with Crippen molar-refractivity contribution in [3.05, 3.63) is 266 Å². The second kappa shape index (κ2) is 17.5. The number of hydrogen-bond acceptors (Lipinski definition) is 1. The normalized spacial score (nSPS) is 12.0. The summed E-state index contributed by atoms with van der Waals surface area (Å²) in [5.41, 5.74) is 33.1. The van der Waals surface area contributed by atoms with E-state index in [1.807, 2.05) is 65.2 Å². The number of amidine groups is 1. The molecule has 0 saturated heterocycles. The molecule has 0 aliphatic carbocycles. The smallest absolute Gasteiger partial charge is 0.207 e. The van der Waals surface area contributed by atoms with Gasteiger partial charge in [-0.1, -0.05) is 194 Å². The third kappa shape index (κ3) is 7.05. The summed E-state index contributed by atoms with van der Waals surface area (Å²) in [4.78, 5) is 5.19. The third-order valence-corrected chi connectivity index (χ3v) is 14.8. The quantitative estimate of drug-likeness (QED) is 0.121. The molecule has 3 heterocycles. The van der Waals surface area contributed by atoms with E-state index in [1.165, 1.54) is 0 Å². The fourth-order valence-corrected chi connectivity index (χ4v) is 11.5. The fourth-order valence-electron chi connectivity index (χ4n) is 11.5. The number of nitrogens with zero attached hydrogens (tertiary/aromatic N) is 4. The van der Waals surface area contributed by atoms with Crippen LogP contribution in [0.4, 0.5) is 5.69 Å². The molecular formula is C68H46N7-. The van der Waals surface area contributed by atoms with Gasteiger partial charge in [-0.25, -0.2) is 0 Å². The molecule has 0 saturated carbocycles. The minimum atomic E-state index is 0.0350. The molecule has 354 valence electrons. The second-order valence-corrected chi connectivity index (χ2v) is 19.1. The highest BCUT2D eigenvalue weighted by molar-refractivity contribution is 6.26. The molecule has 0 spiro atoms. The molecule has 0 fully saturated rings. The first-order chi connectivity index (χ1) is 37.0. The van der Waals surface area contributed by atoms with E-state index in [4.69, 9.17) is 16.5 Å². The molecule has 4 N–H and O–H groups in total. The van der Waals surface area contributed by atoms with Gasteiger partial charge in [0.05, 0.1) is 33.1 Å². The highest BCUT2D eigenvalue weighted by Gasteiger charge is 2.24. The van der Waals surface area contributed by atoms with Crippen LogP contribution < -0.4 is 5.73 Å². The zero-order chi connectivity index (χ0) is 50.1. The lowest BCUT2D eigenvalue weighted by Gasteiger charge is -2.19. The van der Waals surface area contributed by atoms with Crippen molar-refractivity contribution in [1.82, 2.24) is 13.7 Å². The van der Waals surface area contributed by atoms with Crippen molar-refractivity contribution in [3.8, 4) is 55.9 Å². The van der Waals surface area contributed by atoms with Crippen LogP contribution in [0, 0.1) is 5.41 Å². The Bertz CT molecular complexity index is 4600. The van der Waals surface area contributed by atoms with E-state index in [0.717, 1.165) is 121 Å². The fraction of sp³-hybridized carbons (Fsp3) is 0. The summed E-state index contributed by atoms with van der Waals surface area (Å²) >= 11 is 0. The van der Waals surface area contributed by atoms with E-state index in [2.05, 4.69) is 203 Å². The van der Waals surface area contributed by atoms with Crippen molar-refractivity contribution >= 4 is 82.9 Å². The van der Waals surface area contributed by atoms with Crippen molar-refractivity contribution in [3.63, 3.8) is 0 Å². The lowest BCUT2D eigenvalue weighted by Crippen LogP contribution is -2.24. The standard InChI is InChI=1S/C68H46N7/c69-59-28-14-10-24-50(59)46-34-37-54-51-25-11-15-29-60(51)73(63(54)42-46)49-35-32-45(33-36-49)64-57(44-20-6-2-7-21-44)40-47(43-18-4-1-5-19-43)41-58(64)67(70)72-68(71)75-62-31-17-13-27-53(62)56-39-38-55-52-26-12-16-30-61(52)74(65(55)66(56)75)48-22-8-3-9-23-48/h1-42,69H,(H3,70,71,72)/q-1. The number of nitrogens with two attached hydrogens (primary N) is 1. The molecular weight excluding hydrogens is 915 g/mol. The third-order valence-electron chi connectivity index (χ3n) is 14.8. The van der Waals surface area contributed by atoms with E-state index >= 15 is 0 Å². The molecule has 7 nitrogen and oxygen atoms in total.